The number of piperidine rings is 1. The summed E-state index contributed by atoms with van der Waals surface area (Å²) in [5, 5.41) is 2.65. The maximum Gasteiger partial charge on any atom is 0.103 e. The average molecular weight is 262 g/mol. The van der Waals surface area contributed by atoms with Gasteiger partial charge in [0, 0.05) is 18.4 Å². The first kappa shape index (κ1) is 14.5. The molecule has 0 amide bonds. The summed E-state index contributed by atoms with van der Waals surface area (Å²) in [7, 11) is 0. The quantitative estimate of drug-likeness (QED) is 0.763. The second-order valence-electron chi connectivity index (χ2n) is 6.02. The van der Waals surface area contributed by atoms with Crippen LogP contribution < -0.4 is 10.2 Å². The van der Waals surface area contributed by atoms with Crippen LogP contribution in [0.5, 0.6) is 0 Å². The van der Waals surface area contributed by atoms with Crippen LogP contribution in [0.15, 0.2) is 30.3 Å². The predicted molar refractivity (Wildman–Crippen MR) is 80.2 cm³/mol. The third-order valence-corrected chi connectivity index (χ3v) is 4.63. The Labute approximate surface area is 118 Å². The summed E-state index contributed by atoms with van der Waals surface area (Å²) in [6.07, 6.45) is 5.40. The average Bonchev–Trinajstić information content (AvgIpc) is 2.47. The van der Waals surface area contributed by atoms with Gasteiger partial charge in [0.2, 0.25) is 0 Å². The number of hydrogen-bond acceptors (Lipinski definition) is 0. The van der Waals surface area contributed by atoms with Crippen molar-refractivity contribution in [3.05, 3.63) is 35.9 Å². The van der Waals surface area contributed by atoms with Gasteiger partial charge in [0.05, 0.1) is 25.2 Å². The molecule has 2 heteroatoms. The Morgan fingerprint density at radius 2 is 1.74 bits per heavy atom. The van der Waals surface area contributed by atoms with E-state index in [0.29, 0.717) is 0 Å². The first-order chi connectivity index (χ1) is 9.31. The lowest BCUT2D eigenvalue weighted by molar-refractivity contribution is -0.927. The predicted octanol–water partition coefficient (Wildman–Crippen LogP) is 0.986. The fourth-order valence-corrected chi connectivity index (χ4v) is 3.25. The van der Waals surface area contributed by atoms with Crippen LogP contribution in [-0.2, 0) is 6.54 Å². The van der Waals surface area contributed by atoms with Gasteiger partial charge < -0.3 is 10.2 Å². The van der Waals surface area contributed by atoms with Crippen molar-refractivity contribution < 1.29 is 10.2 Å². The fourth-order valence-electron chi connectivity index (χ4n) is 3.25. The molecule has 0 aromatic heterocycles. The van der Waals surface area contributed by atoms with Gasteiger partial charge in [0.25, 0.3) is 0 Å². The molecular formula is C17H30N2+2. The van der Waals surface area contributed by atoms with Crippen LogP contribution in [0.1, 0.15) is 45.1 Å². The van der Waals surface area contributed by atoms with Crippen molar-refractivity contribution >= 4 is 0 Å². The van der Waals surface area contributed by atoms with Crippen LogP contribution in [0, 0.1) is 0 Å². The van der Waals surface area contributed by atoms with Crippen molar-refractivity contribution in [3.63, 3.8) is 0 Å². The second kappa shape index (κ2) is 7.66. The monoisotopic (exact) mass is 262 g/mol. The molecule has 0 bridgehead atoms. The van der Waals surface area contributed by atoms with Crippen molar-refractivity contribution in [2.75, 3.05) is 13.1 Å². The summed E-state index contributed by atoms with van der Waals surface area (Å²) < 4.78 is 0. The molecule has 1 aliphatic rings. The molecule has 0 radical (unpaired) electrons. The minimum atomic E-state index is 0.848. The molecule has 1 aromatic carbocycles. The number of benzene rings is 1. The topological polar surface area (TPSA) is 21.1 Å². The number of hydrogen-bond donors (Lipinski definition) is 2. The van der Waals surface area contributed by atoms with E-state index in [-0.39, 0.29) is 0 Å². The Morgan fingerprint density at radius 1 is 1.11 bits per heavy atom. The second-order valence-corrected chi connectivity index (χ2v) is 6.02. The van der Waals surface area contributed by atoms with E-state index in [0.717, 1.165) is 12.1 Å². The van der Waals surface area contributed by atoms with Gasteiger partial charge in [-0.15, -0.1) is 0 Å². The van der Waals surface area contributed by atoms with Gasteiger partial charge >= 0.3 is 0 Å². The molecule has 1 aromatic rings. The van der Waals surface area contributed by atoms with Gasteiger partial charge in [0.1, 0.15) is 6.54 Å². The van der Waals surface area contributed by atoms with Gasteiger partial charge in [-0.2, -0.15) is 0 Å². The summed E-state index contributed by atoms with van der Waals surface area (Å²) in [4.78, 5) is 1.76. The molecule has 0 atom stereocenters. The van der Waals surface area contributed by atoms with Crippen LogP contribution in [0.3, 0.4) is 0 Å². The summed E-state index contributed by atoms with van der Waals surface area (Å²) in [6, 6.07) is 12.7. The largest absolute Gasteiger partial charge is 0.341 e. The van der Waals surface area contributed by atoms with Crippen LogP contribution >= 0.6 is 0 Å². The Bertz CT molecular complexity index is 338. The zero-order valence-corrected chi connectivity index (χ0v) is 12.6. The SMILES string of the molecule is CCC(CC)[NH2+]C1CC[NH+](Cc2ccccc2)CC1. The van der Waals surface area contributed by atoms with Crippen molar-refractivity contribution in [2.24, 2.45) is 0 Å². The lowest BCUT2D eigenvalue weighted by Crippen LogP contribution is -3.14. The van der Waals surface area contributed by atoms with E-state index >= 15 is 0 Å². The van der Waals surface area contributed by atoms with E-state index in [1.165, 1.54) is 50.9 Å². The van der Waals surface area contributed by atoms with Crippen molar-refractivity contribution in [1.29, 1.82) is 0 Å². The molecule has 0 unspecified atom stereocenters. The van der Waals surface area contributed by atoms with E-state index < -0.39 is 0 Å². The molecule has 3 N–H and O–H groups in total. The lowest BCUT2D eigenvalue weighted by Gasteiger charge is -2.29. The molecular weight excluding hydrogens is 232 g/mol. The molecule has 1 fully saturated rings. The molecule has 1 heterocycles. The minimum Gasteiger partial charge on any atom is -0.341 e. The molecule has 2 nitrogen and oxygen atoms in total. The normalized spacial score (nSPS) is 23.7. The smallest absolute Gasteiger partial charge is 0.103 e. The Hall–Kier alpha value is -0.860. The van der Waals surface area contributed by atoms with Crippen molar-refractivity contribution in [1.82, 2.24) is 0 Å². The Kier molecular flexibility index (Phi) is 5.87. The van der Waals surface area contributed by atoms with E-state index in [4.69, 9.17) is 0 Å². The Balaban J connectivity index is 1.73. The summed E-state index contributed by atoms with van der Waals surface area (Å²) in [5.41, 5.74) is 1.49. The molecule has 2 rings (SSSR count). The first-order valence-electron chi connectivity index (χ1n) is 8.04. The molecule has 106 valence electrons. The third kappa shape index (κ3) is 4.63. The van der Waals surface area contributed by atoms with Crippen LogP contribution in [0.4, 0.5) is 0 Å². The van der Waals surface area contributed by atoms with Gasteiger partial charge in [-0.1, -0.05) is 44.2 Å². The molecule has 1 aliphatic heterocycles. The standard InChI is InChI=1S/C17H28N2/c1-3-16(4-2)18-17-10-12-19(13-11-17)14-15-8-6-5-7-9-15/h5-9,16-18H,3-4,10-14H2,1-2H3/p+2. The zero-order valence-electron chi connectivity index (χ0n) is 12.6. The number of quaternary nitrogens is 2. The van der Waals surface area contributed by atoms with Crippen molar-refractivity contribution in [3.8, 4) is 0 Å². The number of rotatable bonds is 6. The Morgan fingerprint density at radius 3 is 2.32 bits per heavy atom. The highest BCUT2D eigenvalue weighted by molar-refractivity contribution is 5.13. The van der Waals surface area contributed by atoms with Gasteiger partial charge in [-0.25, -0.2) is 0 Å². The van der Waals surface area contributed by atoms with Crippen LogP contribution in [0.25, 0.3) is 0 Å². The summed E-state index contributed by atoms with van der Waals surface area (Å²) in [6.45, 7) is 8.53. The highest BCUT2D eigenvalue weighted by Crippen LogP contribution is 2.00. The number of nitrogens with one attached hydrogen (secondary N) is 1. The molecule has 1 saturated heterocycles. The maximum atomic E-state index is 2.65. The molecule has 0 spiro atoms. The zero-order chi connectivity index (χ0) is 13.5. The van der Waals surface area contributed by atoms with E-state index in [9.17, 15) is 0 Å². The van der Waals surface area contributed by atoms with Gasteiger partial charge in [-0.3, -0.25) is 0 Å². The van der Waals surface area contributed by atoms with E-state index in [1.807, 2.05) is 0 Å². The minimum absolute atomic E-state index is 0.848. The number of nitrogens with two attached hydrogens (primary N) is 1. The first-order valence-corrected chi connectivity index (χ1v) is 8.04. The van der Waals surface area contributed by atoms with Gasteiger partial charge in [-0.05, 0) is 12.8 Å². The number of likely N-dealkylation sites (tertiary alicyclic amines) is 1. The molecule has 0 saturated carbocycles. The maximum absolute atomic E-state index is 2.65. The van der Waals surface area contributed by atoms with E-state index in [1.54, 1.807) is 4.90 Å². The molecule has 19 heavy (non-hydrogen) atoms. The fraction of sp³-hybridized carbons (Fsp3) is 0.647. The van der Waals surface area contributed by atoms with Gasteiger partial charge in [0.15, 0.2) is 0 Å². The highest BCUT2D eigenvalue weighted by Gasteiger charge is 2.26. The van der Waals surface area contributed by atoms with Crippen LogP contribution in [-0.4, -0.2) is 25.2 Å². The lowest BCUT2D eigenvalue weighted by atomic mass is 10.0. The summed E-state index contributed by atoms with van der Waals surface area (Å²) in [5.74, 6) is 0. The van der Waals surface area contributed by atoms with Crippen LogP contribution in [0.2, 0.25) is 0 Å². The molecule has 0 aliphatic carbocycles. The highest BCUT2D eigenvalue weighted by atomic mass is 15.1. The van der Waals surface area contributed by atoms with E-state index in [2.05, 4.69) is 49.5 Å². The van der Waals surface area contributed by atoms with Crippen molar-refractivity contribution in [2.45, 2.75) is 58.2 Å². The summed E-state index contributed by atoms with van der Waals surface area (Å²) >= 11 is 0. The third-order valence-electron chi connectivity index (χ3n) is 4.63.